The number of rotatable bonds is 3. The molecule has 1 N–H and O–H groups in total. The molecule has 0 amide bonds. The minimum Gasteiger partial charge on any atom is -0.333 e. The largest absolute Gasteiger partial charge is 0.333 e. The van der Waals surface area contributed by atoms with E-state index in [9.17, 15) is 0 Å². The lowest BCUT2D eigenvalue weighted by molar-refractivity contribution is 0.969. The van der Waals surface area contributed by atoms with Crippen molar-refractivity contribution in [3.05, 3.63) is 24.3 Å². The summed E-state index contributed by atoms with van der Waals surface area (Å²) in [5.74, 6) is 0. The van der Waals surface area contributed by atoms with Gasteiger partial charge in [-0.15, -0.1) is 0 Å². The Balaban J connectivity index is 2.19. The van der Waals surface area contributed by atoms with Gasteiger partial charge in [0, 0.05) is 11.7 Å². The highest BCUT2D eigenvalue weighted by Crippen LogP contribution is 2.24. The number of aromatic nitrogens is 2. The predicted molar refractivity (Wildman–Crippen MR) is 61.6 cm³/mol. The van der Waals surface area contributed by atoms with Gasteiger partial charge in [-0.3, -0.25) is 0 Å². The molecule has 0 saturated heterocycles. The summed E-state index contributed by atoms with van der Waals surface area (Å²) in [5, 5.41) is 9.72. The Morgan fingerprint density at radius 1 is 1.53 bits per heavy atom. The summed E-state index contributed by atoms with van der Waals surface area (Å²) in [6.07, 6.45) is 0.543. The molecule has 0 radical (unpaired) electrons. The summed E-state index contributed by atoms with van der Waals surface area (Å²) >= 11 is 1.60. The smallest absolute Gasteiger partial charge is 0.166 e. The van der Waals surface area contributed by atoms with Gasteiger partial charge in [-0.05, 0) is 12.1 Å². The van der Waals surface area contributed by atoms with Gasteiger partial charge in [-0.25, -0.2) is 4.98 Å². The highest BCUT2D eigenvalue weighted by Gasteiger charge is 2.07. The molecule has 1 aromatic carbocycles. The molecule has 1 unspecified atom stereocenters. The molecule has 2 aromatic rings. The summed E-state index contributed by atoms with van der Waals surface area (Å²) in [5.41, 5.74) is 2.02. The second-order valence-corrected chi connectivity index (χ2v) is 4.78. The van der Waals surface area contributed by atoms with Crippen molar-refractivity contribution in [1.29, 1.82) is 5.26 Å². The molecule has 1 heterocycles. The van der Waals surface area contributed by atoms with Gasteiger partial charge >= 0.3 is 0 Å². The molecule has 76 valence electrons. The molecular weight excluding hydrogens is 206 g/mol. The highest BCUT2D eigenvalue weighted by atomic mass is 32.2. The van der Waals surface area contributed by atoms with Gasteiger partial charge in [0.1, 0.15) is 0 Å². The molecule has 15 heavy (non-hydrogen) atoms. The van der Waals surface area contributed by atoms with E-state index in [-0.39, 0.29) is 5.25 Å². The number of nitrogens with zero attached hydrogens (tertiary/aromatic N) is 2. The van der Waals surface area contributed by atoms with Crippen LogP contribution in [0.2, 0.25) is 0 Å². The molecule has 0 fully saturated rings. The maximum Gasteiger partial charge on any atom is 0.166 e. The van der Waals surface area contributed by atoms with Gasteiger partial charge in [0.15, 0.2) is 5.16 Å². The summed E-state index contributed by atoms with van der Waals surface area (Å²) in [4.78, 5) is 7.66. The molecule has 2 rings (SSSR count). The van der Waals surface area contributed by atoms with Crippen molar-refractivity contribution in [2.75, 3.05) is 0 Å². The molecule has 0 aliphatic carbocycles. The molecular formula is C11H11N3S. The Labute approximate surface area is 92.5 Å². The monoisotopic (exact) mass is 217 g/mol. The molecule has 0 aliphatic heterocycles. The molecule has 0 aliphatic rings. The zero-order valence-corrected chi connectivity index (χ0v) is 9.21. The minimum absolute atomic E-state index is 0.274. The predicted octanol–water partition coefficient (Wildman–Crippen LogP) is 2.96. The Kier molecular flexibility index (Phi) is 2.93. The van der Waals surface area contributed by atoms with Crippen molar-refractivity contribution >= 4 is 22.8 Å². The zero-order valence-electron chi connectivity index (χ0n) is 8.40. The number of imidazole rings is 1. The first-order valence-electron chi connectivity index (χ1n) is 4.78. The topological polar surface area (TPSA) is 52.5 Å². The number of nitriles is 1. The van der Waals surface area contributed by atoms with Crippen LogP contribution in [0.5, 0.6) is 0 Å². The number of hydrogen-bond acceptors (Lipinski definition) is 3. The van der Waals surface area contributed by atoms with Crippen LogP contribution in [-0.4, -0.2) is 15.2 Å². The first-order chi connectivity index (χ1) is 7.29. The van der Waals surface area contributed by atoms with Crippen LogP contribution < -0.4 is 0 Å². The molecule has 4 heteroatoms. The average molecular weight is 217 g/mol. The van der Waals surface area contributed by atoms with E-state index < -0.39 is 0 Å². The number of H-pyrrole nitrogens is 1. The SMILES string of the molecule is CC(CC#N)Sc1nc2ccccc2[nH]1. The highest BCUT2D eigenvalue weighted by molar-refractivity contribution is 7.99. The normalized spacial score (nSPS) is 12.5. The molecule has 0 spiro atoms. The van der Waals surface area contributed by atoms with Crippen LogP contribution >= 0.6 is 11.8 Å². The van der Waals surface area contributed by atoms with Crippen molar-refractivity contribution in [2.45, 2.75) is 23.8 Å². The summed E-state index contributed by atoms with van der Waals surface area (Å²) in [6, 6.07) is 10.1. The van der Waals surface area contributed by atoms with E-state index in [1.54, 1.807) is 11.8 Å². The van der Waals surface area contributed by atoms with Crippen LogP contribution in [0, 0.1) is 11.3 Å². The van der Waals surface area contributed by atoms with Gasteiger partial charge in [-0.1, -0.05) is 30.8 Å². The average Bonchev–Trinajstić information content (AvgIpc) is 2.59. The fraction of sp³-hybridized carbons (Fsp3) is 0.273. The van der Waals surface area contributed by atoms with Crippen molar-refractivity contribution in [3.63, 3.8) is 0 Å². The van der Waals surface area contributed by atoms with Crippen molar-refractivity contribution in [2.24, 2.45) is 0 Å². The summed E-state index contributed by atoms with van der Waals surface area (Å²) in [6.45, 7) is 2.03. The van der Waals surface area contributed by atoms with E-state index in [0.717, 1.165) is 16.2 Å². The fourth-order valence-electron chi connectivity index (χ4n) is 1.35. The van der Waals surface area contributed by atoms with Crippen molar-refractivity contribution < 1.29 is 0 Å². The number of hydrogen-bond donors (Lipinski definition) is 1. The standard InChI is InChI=1S/C11H11N3S/c1-8(6-7-12)15-11-13-9-4-2-3-5-10(9)14-11/h2-5,8H,6H2,1H3,(H,13,14). The lowest BCUT2D eigenvalue weighted by atomic mass is 10.3. The van der Waals surface area contributed by atoms with E-state index >= 15 is 0 Å². The number of fused-ring (bicyclic) bond motifs is 1. The second-order valence-electron chi connectivity index (χ2n) is 3.35. The molecule has 0 saturated carbocycles. The Morgan fingerprint density at radius 2 is 2.33 bits per heavy atom. The van der Waals surface area contributed by atoms with Crippen molar-refractivity contribution in [1.82, 2.24) is 9.97 Å². The molecule has 1 atom stereocenters. The quantitative estimate of drug-likeness (QED) is 0.804. The number of thioether (sulfide) groups is 1. The maximum absolute atomic E-state index is 8.56. The molecule has 1 aromatic heterocycles. The third-order valence-electron chi connectivity index (χ3n) is 2.06. The Hall–Kier alpha value is -1.47. The van der Waals surface area contributed by atoms with Gasteiger partial charge < -0.3 is 4.98 Å². The lowest BCUT2D eigenvalue weighted by Gasteiger charge is -2.01. The fourth-order valence-corrected chi connectivity index (χ4v) is 2.20. The summed E-state index contributed by atoms with van der Waals surface area (Å²) < 4.78 is 0. The zero-order chi connectivity index (χ0) is 10.7. The number of benzene rings is 1. The number of nitrogens with one attached hydrogen (secondary N) is 1. The second kappa shape index (κ2) is 4.37. The first kappa shape index (κ1) is 10.1. The molecule has 3 nitrogen and oxygen atoms in total. The molecule has 0 bridgehead atoms. The third-order valence-corrected chi connectivity index (χ3v) is 3.04. The van der Waals surface area contributed by atoms with Gasteiger partial charge in [0.2, 0.25) is 0 Å². The summed E-state index contributed by atoms with van der Waals surface area (Å²) in [7, 11) is 0. The lowest BCUT2D eigenvalue weighted by Crippen LogP contribution is -1.93. The van der Waals surface area contributed by atoms with Crippen molar-refractivity contribution in [3.8, 4) is 6.07 Å². The Morgan fingerprint density at radius 3 is 3.07 bits per heavy atom. The van der Waals surface area contributed by atoms with Gasteiger partial charge in [0.05, 0.1) is 17.1 Å². The first-order valence-corrected chi connectivity index (χ1v) is 5.66. The maximum atomic E-state index is 8.56. The third kappa shape index (κ3) is 2.31. The van der Waals surface area contributed by atoms with Crippen LogP contribution in [0.25, 0.3) is 11.0 Å². The van der Waals surface area contributed by atoms with Crippen LogP contribution in [0.15, 0.2) is 29.4 Å². The van der Waals surface area contributed by atoms with E-state index in [1.165, 1.54) is 0 Å². The van der Waals surface area contributed by atoms with E-state index in [4.69, 9.17) is 5.26 Å². The van der Waals surface area contributed by atoms with Gasteiger partial charge in [0.25, 0.3) is 0 Å². The van der Waals surface area contributed by atoms with Crippen LogP contribution in [0.1, 0.15) is 13.3 Å². The van der Waals surface area contributed by atoms with E-state index in [2.05, 4.69) is 16.0 Å². The number of para-hydroxylation sites is 2. The van der Waals surface area contributed by atoms with E-state index in [0.29, 0.717) is 6.42 Å². The Bertz CT molecular complexity index is 465. The van der Waals surface area contributed by atoms with Gasteiger partial charge in [-0.2, -0.15) is 5.26 Å². The number of aromatic amines is 1. The van der Waals surface area contributed by atoms with Crippen LogP contribution in [0.3, 0.4) is 0 Å². The van der Waals surface area contributed by atoms with Crippen LogP contribution in [-0.2, 0) is 0 Å². The minimum atomic E-state index is 0.274. The van der Waals surface area contributed by atoms with Crippen LogP contribution in [0.4, 0.5) is 0 Å². The van der Waals surface area contributed by atoms with E-state index in [1.807, 2.05) is 31.2 Å².